The first-order valence-corrected chi connectivity index (χ1v) is 12.5. The number of hydrogen-bond acceptors (Lipinski definition) is 7. The summed E-state index contributed by atoms with van der Waals surface area (Å²) in [5, 5.41) is 21.4. The number of ether oxygens (including phenoxy) is 1. The molecule has 1 aliphatic rings. The van der Waals surface area contributed by atoms with E-state index >= 15 is 8.78 Å². The van der Waals surface area contributed by atoms with Crippen LogP contribution in [0.25, 0.3) is 0 Å². The molecule has 1 saturated heterocycles. The van der Waals surface area contributed by atoms with Crippen molar-refractivity contribution in [3.63, 3.8) is 0 Å². The van der Waals surface area contributed by atoms with Crippen LogP contribution < -0.4 is 0 Å². The van der Waals surface area contributed by atoms with E-state index in [9.17, 15) is 18.7 Å². The van der Waals surface area contributed by atoms with Crippen molar-refractivity contribution in [1.82, 2.24) is 30.1 Å². The molecule has 1 atom stereocenters. The largest absolute Gasteiger partial charge is 0.378 e. The van der Waals surface area contributed by atoms with Crippen molar-refractivity contribution in [2.45, 2.75) is 31.9 Å². The number of aromatic nitrogens is 5. The van der Waals surface area contributed by atoms with Gasteiger partial charge in [0.05, 0.1) is 19.8 Å². The molecule has 3 heterocycles. The Morgan fingerprint density at radius 1 is 1.15 bits per heavy atom. The Hall–Kier alpha value is -4.41. The van der Waals surface area contributed by atoms with E-state index in [-0.39, 0.29) is 5.91 Å². The fraction of sp³-hybridized carbons (Fsp3) is 0.321. The van der Waals surface area contributed by atoms with Crippen LogP contribution in [0.15, 0.2) is 66.2 Å². The van der Waals surface area contributed by atoms with Gasteiger partial charge >= 0.3 is 5.92 Å². The molecule has 9 nitrogen and oxygen atoms in total. The molecular weight excluding hydrogens is 544 g/mol. The Balaban J connectivity index is 1.55. The summed E-state index contributed by atoms with van der Waals surface area (Å²) in [5.41, 5.74) is -3.54. The summed E-state index contributed by atoms with van der Waals surface area (Å²) in [6, 6.07) is 4.13. The normalized spacial score (nSPS) is 16.1. The molecule has 0 spiro atoms. The molecular formula is C28H26F4N6O3. The third kappa shape index (κ3) is 6.67. The lowest BCUT2D eigenvalue weighted by atomic mass is 9.84. The number of amides is 1. The second-order valence-electron chi connectivity index (χ2n) is 9.35. The summed E-state index contributed by atoms with van der Waals surface area (Å²) in [4.78, 5) is 18.0. The van der Waals surface area contributed by atoms with Gasteiger partial charge < -0.3 is 14.7 Å². The van der Waals surface area contributed by atoms with Gasteiger partial charge in [-0.05, 0) is 54.1 Å². The van der Waals surface area contributed by atoms with Gasteiger partial charge in [0.25, 0.3) is 0 Å². The molecule has 1 N–H and O–H groups in total. The Morgan fingerprint density at radius 2 is 1.90 bits per heavy atom. The summed E-state index contributed by atoms with van der Waals surface area (Å²) >= 11 is 0. The predicted octanol–water partition coefficient (Wildman–Crippen LogP) is 3.13. The number of pyridine rings is 1. The number of benzene rings is 1. The molecule has 2 aromatic heterocycles. The van der Waals surface area contributed by atoms with Crippen LogP contribution in [0.2, 0.25) is 0 Å². The second-order valence-corrected chi connectivity index (χ2v) is 9.35. The molecule has 13 heteroatoms. The molecule has 0 bridgehead atoms. The van der Waals surface area contributed by atoms with E-state index in [4.69, 9.17) is 4.74 Å². The standard InChI is InChI=1S/C28H26F4N6O3/c1-19(3-5-20(2)26(39)37-11-13-41-14-12-37)4-6-21-7-10-25(33-16-21)28(31,32)27(40,17-38-18-34-35-36-38)23-9-8-22(29)15-24(23)30/h3,5,7-10,15-16,18,40H,11-14,17H2,1-2H3/b19-3+,20-5+. The van der Waals surface area contributed by atoms with E-state index in [0.717, 1.165) is 35.4 Å². The summed E-state index contributed by atoms with van der Waals surface area (Å²) in [7, 11) is 0. The first-order valence-electron chi connectivity index (χ1n) is 12.5. The molecule has 214 valence electrons. The minimum atomic E-state index is -4.17. The zero-order chi connectivity index (χ0) is 29.6. The zero-order valence-electron chi connectivity index (χ0n) is 22.2. The third-order valence-corrected chi connectivity index (χ3v) is 6.39. The van der Waals surface area contributed by atoms with Crippen LogP contribution in [0.3, 0.4) is 0 Å². The van der Waals surface area contributed by atoms with Crippen molar-refractivity contribution in [1.29, 1.82) is 0 Å². The van der Waals surface area contributed by atoms with Crippen LogP contribution in [-0.4, -0.2) is 67.4 Å². The van der Waals surface area contributed by atoms with Crippen molar-refractivity contribution in [2.75, 3.05) is 26.3 Å². The molecule has 0 saturated carbocycles. The SMILES string of the molecule is C/C(C#Cc1ccc(C(F)(F)C(O)(Cn2cnnn2)c2ccc(F)cc2F)nc1)=C\C=C(/C)C(=O)N1CCOCC1. The van der Waals surface area contributed by atoms with Crippen molar-refractivity contribution in [3.05, 3.63) is 94.6 Å². The lowest BCUT2D eigenvalue weighted by Crippen LogP contribution is -2.48. The van der Waals surface area contributed by atoms with Gasteiger partial charge in [-0.1, -0.05) is 24.0 Å². The minimum absolute atomic E-state index is 0.0911. The number of carbonyl (C=O) groups is 1. The van der Waals surface area contributed by atoms with Gasteiger partial charge in [0.15, 0.2) is 5.60 Å². The number of rotatable bonds is 7. The summed E-state index contributed by atoms with van der Waals surface area (Å²) in [6.07, 6.45) is 5.39. The molecule has 41 heavy (non-hydrogen) atoms. The quantitative estimate of drug-likeness (QED) is 0.201. The smallest absolute Gasteiger partial charge is 0.323 e. The first-order chi connectivity index (χ1) is 19.5. The van der Waals surface area contributed by atoms with E-state index < -0.39 is 41.0 Å². The average molecular weight is 571 g/mol. The van der Waals surface area contributed by atoms with Crippen molar-refractivity contribution in [2.24, 2.45) is 0 Å². The number of hydrogen-bond donors (Lipinski definition) is 1. The van der Waals surface area contributed by atoms with E-state index in [1.54, 1.807) is 30.9 Å². The molecule has 1 unspecified atom stereocenters. The number of carbonyl (C=O) groups excluding carboxylic acids is 1. The lowest BCUT2D eigenvalue weighted by molar-refractivity contribution is -0.207. The summed E-state index contributed by atoms with van der Waals surface area (Å²) in [6.45, 7) is 4.53. The molecule has 0 aliphatic carbocycles. The van der Waals surface area contributed by atoms with Gasteiger partial charge in [0.2, 0.25) is 5.91 Å². The molecule has 4 rings (SSSR count). The molecule has 1 amide bonds. The average Bonchev–Trinajstić information content (AvgIpc) is 3.47. The number of morpholine rings is 1. The Labute approximate surface area is 233 Å². The third-order valence-electron chi connectivity index (χ3n) is 6.39. The highest BCUT2D eigenvalue weighted by Gasteiger charge is 2.58. The highest BCUT2D eigenvalue weighted by atomic mass is 19.3. The molecule has 1 fully saturated rings. The molecule has 1 aromatic carbocycles. The van der Waals surface area contributed by atoms with Gasteiger partial charge in [0.1, 0.15) is 23.7 Å². The van der Waals surface area contributed by atoms with Crippen molar-refractivity contribution >= 4 is 5.91 Å². The topological polar surface area (TPSA) is 106 Å². The van der Waals surface area contributed by atoms with Crippen LogP contribution in [0.1, 0.15) is 30.7 Å². The number of aliphatic hydroxyl groups is 1. The number of nitrogens with zero attached hydrogens (tertiary/aromatic N) is 6. The highest BCUT2D eigenvalue weighted by molar-refractivity contribution is 5.93. The van der Waals surface area contributed by atoms with E-state index in [1.165, 1.54) is 6.07 Å². The van der Waals surface area contributed by atoms with E-state index in [0.29, 0.717) is 49.1 Å². The number of tetrazole rings is 1. The minimum Gasteiger partial charge on any atom is -0.378 e. The molecule has 0 radical (unpaired) electrons. The van der Waals surface area contributed by atoms with Gasteiger partial charge in [-0.25, -0.2) is 13.5 Å². The van der Waals surface area contributed by atoms with Crippen LogP contribution in [0.5, 0.6) is 0 Å². The van der Waals surface area contributed by atoms with Gasteiger partial charge in [0, 0.05) is 42.1 Å². The highest BCUT2D eigenvalue weighted by Crippen LogP contribution is 2.46. The first kappa shape index (κ1) is 29.6. The van der Waals surface area contributed by atoms with E-state index in [1.807, 2.05) is 0 Å². The van der Waals surface area contributed by atoms with Crippen LogP contribution >= 0.6 is 0 Å². The van der Waals surface area contributed by atoms with Crippen molar-refractivity contribution in [3.8, 4) is 11.8 Å². The fourth-order valence-electron chi connectivity index (χ4n) is 4.08. The van der Waals surface area contributed by atoms with Crippen LogP contribution in [0, 0.1) is 23.5 Å². The van der Waals surface area contributed by atoms with Gasteiger partial charge in [-0.15, -0.1) is 5.10 Å². The van der Waals surface area contributed by atoms with Crippen LogP contribution in [0.4, 0.5) is 17.6 Å². The number of alkyl halides is 2. The van der Waals surface area contributed by atoms with Crippen LogP contribution in [-0.2, 0) is 27.6 Å². The monoisotopic (exact) mass is 570 g/mol. The number of halogens is 4. The maximum Gasteiger partial charge on any atom is 0.323 e. The van der Waals surface area contributed by atoms with E-state index in [2.05, 4.69) is 32.4 Å². The zero-order valence-corrected chi connectivity index (χ0v) is 22.2. The molecule has 3 aromatic rings. The Morgan fingerprint density at radius 3 is 2.54 bits per heavy atom. The number of allylic oxidation sites excluding steroid dienone is 3. The second kappa shape index (κ2) is 12.4. The van der Waals surface area contributed by atoms with Crippen molar-refractivity contribution < 1.29 is 32.2 Å². The maximum atomic E-state index is 15.8. The summed E-state index contributed by atoms with van der Waals surface area (Å²) in [5.74, 6) is -0.974. The predicted molar refractivity (Wildman–Crippen MR) is 138 cm³/mol. The Kier molecular flexibility index (Phi) is 8.95. The fourth-order valence-corrected chi connectivity index (χ4v) is 4.08. The maximum absolute atomic E-state index is 15.8. The summed E-state index contributed by atoms with van der Waals surface area (Å²) < 4.78 is 65.9. The lowest BCUT2D eigenvalue weighted by Gasteiger charge is -2.35. The van der Waals surface area contributed by atoms with Gasteiger partial charge in [-0.3, -0.25) is 9.78 Å². The van der Waals surface area contributed by atoms with Gasteiger partial charge in [-0.2, -0.15) is 8.78 Å². The molecule has 1 aliphatic heterocycles. The Bertz CT molecular complexity index is 1510.